The summed E-state index contributed by atoms with van der Waals surface area (Å²) in [5.74, 6) is 0.719. The normalized spacial score (nSPS) is 15.9. The van der Waals surface area contributed by atoms with Crippen molar-refractivity contribution >= 4 is 5.91 Å². The number of amides is 1. The summed E-state index contributed by atoms with van der Waals surface area (Å²) in [7, 11) is 3.49. The van der Waals surface area contributed by atoms with Crippen molar-refractivity contribution in [3.63, 3.8) is 0 Å². The fourth-order valence-electron chi connectivity index (χ4n) is 2.47. The molecular formula is C14H19NO2. The van der Waals surface area contributed by atoms with Crippen LogP contribution in [-0.2, 0) is 0 Å². The van der Waals surface area contributed by atoms with Crippen LogP contribution in [0.5, 0.6) is 5.75 Å². The lowest BCUT2D eigenvalue weighted by atomic mass is 10.1. The Hall–Kier alpha value is -1.51. The lowest BCUT2D eigenvalue weighted by molar-refractivity contribution is 0.0732. The number of hydrogen-bond donors (Lipinski definition) is 0. The van der Waals surface area contributed by atoms with Gasteiger partial charge in [0.25, 0.3) is 5.91 Å². The molecule has 1 saturated carbocycles. The van der Waals surface area contributed by atoms with Crippen LogP contribution >= 0.6 is 0 Å². The van der Waals surface area contributed by atoms with Gasteiger partial charge in [-0.25, -0.2) is 0 Å². The fraction of sp³-hybridized carbons (Fsp3) is 0.500. The molecule has 0 bridgehead atoms. The summed E-state index contributed by atoms with van der Waals surface area (Å²) in [5, 5.41) is 0. The van der Waals surface area contributed by atoms with Gasteiger partial charge in [-0.3, -0.25) is 4.79 Å². The van der Waals surface area contributed by atoms with E-state index >= 15 is 0 Å². The van der Waals surface area contributed by atoms with Crippen LogP contribution in [0.3, 0.4) is 0 Å². The predicted octanol–water partition coefficient (Wildman–Crippen LogP) is 2.71. The number of carbonyl (C=O) groups is 1. The summed E-state index contributed by atoms with van der Waals surface area (Å²) in [6, 6.07) is 7.80. The van der Waals surface area contributed by atoms with Crippen LogP contribution in [0, 0.1) is 0 Å². The van der Waals surface area contributed by atoms with Crippen molar-refractivity contribution in [2.24, 2.45) is 0 Å². The molecule has 0 spiro atoms. The Balaban J connectivity index is 2.18. The van der Waals surface area contributed by atoms with Crippen LogP contribution in [-0.4, -0.2) is 31.0 Å². The molecule has 0 N–H and O–H groups in total. The molecule has 17 heavy (non-hydrogen) atoms. The van der Waals surface area contributed by atoms with E-state index in [2.05, 4.69) is 0 Å². The number of ether oxygens (including phenoxy) is 1. The molecule has 0 radical (unpaired) electrons. The molecule has 1 aromatic carbocycles. The molecule has 3 nitrogen and oxygen atoms in total. The molecule has 0 atom stereocenters. The zero-order valence-electron chi connectivity index (χ0n) is 10.5. The summed E-state index contributed by atoms with van der Waals surface area (Å²) in [5.41, 5.74) is 0.657. The van der Waals surface area contributed by atoms with E-state index in [1.165, 1.54) is 12.8 Å². The molecule has 1 aliphatic carbocycles. The molecule has 1 amide bonds. The van der Waals surface area contributed by atoms with Crippen molar-refractivity contribution < 1.29 is 9.53 Å². The molecule has 1 aliphatic rings. The van der Waals surface area contributed by atoms with E-state index in [1.807, 2.05) is 36.2 Å². The van der Waals surface area contributed by atoms with Crippen LogP contribution in [0.25, 0.3) is 0 Å². The summed E-state index contributed by atoms with van der Waals surface area (Å²) >= 11 is 0. The maximum Gasteiger partial charge on any atom is 0.257 e. The highest BCUT2D eigenvalue weighted by Crippen LogP contribution is 2.26. The van der Waals surface area contributed by atoms with E-state index in [0.717, 1.165) is 12.8 Å². The lowest BCUT2D eigenvalue weighted by Crippen LogP contribution is -2.35. The second kappa shape index (κ2) is 5.21. The van der Waals surface area contributed by atoms with Gasteiger partial charge in [0, 0.05) is 13.1 Å². The fourth-order valence-corrected chi connectivity index (χ4v) is 2.47. The van der Waals surface area contributed by atoms with Gasteiger partial charge < -0.3 is 9.64 Å². The molecule has 0 saturated heterocycles. The minimum Gasteiger partial charge on any atom is -0.496 e. The van der Waals surface area contributed by atoms with Crippen LogP contribution in [0.15, 0.2) is 24.3 Å². The molecule has 3 heteroatoms. The molecule has 0 heterocycles. The molecule has 0 aromatic heterocycles. The average Bonchev–Trinajstić information content (AvgIpc) is 2.90. The van der Waals surface area contributed by atoms with E-state index in [-0.39, 0.29) is 5.91 Å². The number of rotatable bonds is 3. The molecule has 1 aromatic rings. The first-order valence-electron chi connectivity index (χ1n) is 6.14. The van der Waals surface area contributed by atoms with E-state index in [9.17, 15) is 4.79 Å². The number of hydrogen-bond acceptors (Lipinski definition) is 2. The monoisotopic (exact) mass is 233 g/mol. The van der Waals surface area contributed by atoms with Gasteiger partial charge in [0.05, 0.1) is 12.7 Å². The van der Waals surface area contributed by atoms with Crippen LogP contribution < -0.4 is 4.74 Å². The molecule has 0 unspecified atom stereocenters. The average molecular weight is 233 g/mol. The van der Waals surface area contributed by atoms with Crippen molar-refractivity contribution in [1.82, 2.24) is 4.90 Å². The Kier molecular flexibility index (Phi) is 3.67. The quantitative estimate of drug-likeness (QED) is 0.803. The number of carbonyl (C=O) groups excluding carboxylic acids is 1. The van der Waals surface area contributed by atoms with Crippen molar-refractivity contribution in [2.75, 3.05) is 14.2 Å². The van der Waals surface area contributed by atoms with Gasteiger partial charge in [0.2, 0.25) is 0 Å². The van der Waals surface area contributed by atoms with Crippen LogP contribution in [0.1, 0.15) is 36.0 Å². The van der Waals surface area contributed by atoms with E-state index in [1.54, 1.807) is 7.11 Å². The van der Waals surface area contributed by atoms with Gasteiger partial charge in [-0.2, -0.15) is 0 Å². The summed E-state index contributed by atoms with van der Waals surface area (Å²) < 4.78 is 5.23. The standard InChI is InChI=1S/C14H19NO2/c1-15(11-7-3-4-8-11)14(16)12-9-5-6-10-13(12)17-2/h5-6,9-11H,3-4,7-8H2,1-2H3. The van der Waals surface area contributed by atoms with Crippen molar-refractivity contribution in [2.45, 2.75) is 31.7 Å². The van der Waals surface area contributed by atoms with Gasteiger partial charge >= 0.3 is 0 Å². The van der Waals surface area contributed by atoms with Gasteiger partial charge in [-0.1, -0.05) is 25.0 Å². The minimum absolute atomic E-state index is 0.0642. The molecule has 92 valence electrons. The first-order chi connectivity index (χ1) is 8.24. The molecule has 2 rings (SSSR count). The summed E-state index contributed by atoms with van der Waals surface area (Å²) in [4.78, 5) is 14.2. The number of methoxy groups -OCH3 is 1. The Morgan fingerprint density at radius 2 is 1.94 bits per heavy atom. The second-order valence-corrected chi connectivity index (χ2v) is 4.55. The molecule has 1 fully saturated rings. The number of para-hydroxylation sites is 1. The maximum absolute atomic E-state index is 12.4. The predicted molar refractivity (Wildman–Crippen MR) is 67.3 cm³/mol. The van der Waals surface area contributed by atoms with Gasteiger partial charge in [0.1, 0.15) is 5.75 Å². The second-order valence-electron chi connectivity index (χ2n) is 4.55. The van der Waals surface area contributed by atoms with Crippen molar-refractivity contribution in [1.29, 1.82) is 0 Å². The Morgan fingerprint density at radius 3 is 2.59 bits per heavy atom. The Labute approximate surface area is 102 Å². The third-order valence-electron chi connectivity index (χ3n) is 3.53. The van der Waals surface area contributed by atoms with Gasteiger partial charge in [-0.15, -0.1) is 0 Å². The number of benzene rings is 1. The highest BCUT2D eigenvalue weighted by Gasteiger charge is 2.25. The molecular weight excluding hydrogens is 214 g/mol. The first kappa shape index (κ1) is 12.0. The van der Waals surface area contributed by atoms with Crippen molar-refractivity contribution in [3.05, 3.63) is 29.8 Å². The van der Waals surface area contributed by atoms with Crippen LogP contribution in [0.2, 0.25) is 0 Å². The van der Waals surface area contributed by atoms with E-state index in [4.69, 9.17) is 4.74 Å². The van der Waals surface area contributed by atoms with Crippen LogP contribution in [0.4, 0.5) is 0 Å². The lowest BCUT2D eigenvalue weighted by Gasteiger charge is -2.25. The first-order valence-corrected chi connectivity index (χ1v) is 6.14. The minimum atomic E-state index is 0.0642. The smallest absolute Gasteiger partial charge is 0.257 e. The van der Waals surface area contributed by atoms with Gasteiger partial charge in [-0.05, 0) is 25.0 Å². The summed E-state index contributed by atoms with van der Waals surface area (Å²) in [6.45, 7) is 0. The topological polar surface area (TPSA) is 29.5 Å². The highest BCUT2D eigenvalue weighted by molar-refractivity contribution is 5.97. The molecule has 0 aliphatic heterocycles. The highest BCUT2D eigenvalue weighted by atomic mass is 16.5. The zero-order valence-corrected chi connectivity index (χ0v) is 10.5. The van der Waals surface area contributed by atoms with Crippen molar-refractivity contribution in [3.8, 4) is 5.75 Å². The maximum atomic E-state index is 12.4. The third kappa shape index (κ3) is 2.43. The third-order valence-corrected chi connectivity index (χ3v) is 3.53. The Bertz CT molecular complexity index is 397. The summed E-state index contributed by atoms with van der Waals surface area (Å²) in [6.07, 6.45) is 4.71. The number of nitrogens with zero attached hydrogens (tertiary/aromatic N) is 1. The zero-order chi connectivity index (χ0) is 12.3. The van der Waals surface area contributed by atoms with Gasteiger partial charge in [0.15, 0.2) is 0 Å². The van der Waals surface area contributed by atoms with E-state index < -0.39 is 0 Å². The van der Waals surface area contributed by atoms with E-state index in [0.29, 0.717) is 17.4 Å². The largest absolute Gasteiger partial charge is 0.496 e. The SMILES string of the molecule is COc1ccccc1C(=O)N(C)C1CCCC1. The Morgan fingerprint density at radius 1 is 1.29 bits per heavy atom.